The summed E-state index contributed by atoms with van der Waals surface area (Å²) in [4.78, 5) is 4.51. The Morgan fingerprint density at radius 1 is 1.11 bits per heavy atom. The molecule has 0 spiro atoms. The topological polar surface area (TPSA) is 51.0 Å². The van der Waals surface area contributed by atoms with Gasteiger partial charge in [0.05, 0.1) is 6.04 Å². The van der Waals surface area contributed by atoms with Crippen LogP contribution < -0.4 is 5.32 Å². The highest BCUT2D eigenvalue weighted by molar-refractivity contribution is 5.53. The lowest BCUT2D eigenvalue weighted by Crippen LogP contribution is -2.20. The summed E-state index contributed by atoms with van der Waals surface area (Å²) in [7, 11) is 0. The Morgan fingerprint density at radius 2 is 2.00 bits per heavy atom. The van der Waals surface area contributed by atoms with Gasteiger partial charge in [0, 0.05) is 5.56 Å². The lowest BCUT2D eigenvalue weighted by molar-refractivity contribution is 0.327. The van der Waals surface area contributed by atoms with Crippen LogP contribution in [-0.2, 0) is 0 Å². The zero-order valence-corrected chi connectivity index (χ0v) is 10.3. The summed E-state index contributed by atoms with van der Waals surface area (Å²) in [5.41, 5.74) is 1.00. The van der Waals surface area contributed by atoms with Gasteiger partial charge in [0.1, 0.15) is 0 Å². The Labute approximate surface area is 106 Å². The quantitative estimate of drug-likeness (QED) is 0.881. The van der Waals surface area contributed by atoms with Gasteiger partial charge in [-0.1, -0.05) is 48.3 Å². The molecule has 1 saturated heterocycles. The van der Waals surface area contributed by atoms with Crippen molar-refractivity contribution in [1.29, 1.82) is 0 Å². The molecule has 1 aromatic heterocycles. The van der Waals surface area contributed by atoms with Crippen molar-refractivity contribution in [3.8, 4) is 11.4 Å². The predicted octanol–water partition coefficient (Wildman–Crippen LogP) is 2.94. The first kappa shape index (κ1) is 11.4. The molecular formula is C14H17N3O. The number of nitrogens with one attached hydrogen (secondary N) is 1. The van der Waals surface area contributed by atoms with Crippen LogP contribution in [0.2, 0.25) is 0 Å². The van der Waals surface area contributed by atoms with Crippen LogP contribution in [0.15, 0.2) is 34.9 Å². The van der Waals surface area contributed by atoms with Gasteiger partial charge in [-0.05, 0) is 19.4 Å². The summed E-state index contributed by atoms with van der Waals surface area (Å²) in [5.74, 6) is 1.40. The molecular weight excluding hydrogens is 226 g/mol. The zero-order chi connectivity index (χ0) is 12.2. The summed E-state index contributed by atoms with van der Waals surface area (Å²) >= 11 is 0. The molecule has 1 unspecified atom stereocenters. The first-order valence-corrected chi connectivity index (χ1v) is 6.56. The van der Waals surface area contributed by atoms with Crippen molar-refractivity contribution < 1.29 is 4.52 Å². The fourth-order valence-corrected chi connectivity index (χ4v) is 2.32. The van der Waals surface area contributed by atoms with Crippen molar-refractivity contribution in [1.82, 2.24) is 15.5 Å². The highest BCUT2D eigenvalue weighted by Crippen LogP contribution is 2.23. The minimum absolute atomic E-state index is 0.220. The van der Waals surface area contributed by atoms with Crippen LogP contribution in [0, 0.1) is 0 Å². The largest absolute Gasteiger partial charge is 0.337 e. The summed E-state index contributed by atoms with van der Waals surface area (Å²) in [6, 6.07) is 10.2. The fourth-order valence-electron chi connectivity index (χ4n) is 2.32. The summed E-state index contributed by atoms with van der Waals surface area (Å²) < 4.78 is 5.39. The second kappa shape index (κ2) is 5.31. The SMILES string of the molecule is c1ccc(-c2noc(C3CCCCCN3)n2)cc1. The summed E-state index contributed by atoms with van der Waals surface area (Å²) in [5, 5.41) is 7.53. The van der Waals surface area contributed by atoms with Gasteiger partial charge in [0.25, 0.3) is 0 Å². The second-order valence-electron chi connectivity index (χ2n) is 4.68. The lowest BCUT2D eigenvalue weighted by atomic mass is 10.1. The third-order valence-electron chi connectivity index (χ3n) is 3.33. The molecule has 4 nitrogen and oxygen atoms in total. The van der Waals surface area contributed by atoms with Crippen molar-refractivity contribution in [2.45, 2.75) is 31.7 Å². The van der Waals surface area contributed by atoms with Crippen molar-refractivity contribution in [2.24, 2.45) is 0 Å². The number of nitrogens with zero attached hydrogens (tertiary/aromatic N) is 2. The van der Waals surface area contributed by atoms with E-state index in [0.717, 1.165) is 24.4 Å². The molecule has 1 aliphatic rings. The van der Waals surface area contributed by atoms with Crippen molar-refractivity contribution in [3.63, 3.8) is 0 Å². The van der Waals surface area contributed by atoms with E-state index in [1.54, 1.807) is 0 Å². The summed E-state index contributed by atoms with van der Waals surface area (Å²) in [6.45, 7) is 1.04. The molecule has 0 aliphatic carbocycles. The molecule has 1 aromatic carbocycles. The standard InChI is InChI=1S/C14H17N3O/c1-3-7-11(8-4-1)13-16-14(18-17-13)12-9-5-2-6-10-15-12/h1,3-4,7-8,12,15H,2,5-6,9-10H2. The average Bonchev–Trinajstić information content (AvgIpc) is 2.76. The van der Waals surface area contributed by atoms with E-state index in [1.165, 1.54) is 19.3 Å². The highest BCUT2D eigenvalue weighted by Gasteiger charge is 2.20. The molecule has 1 aliphatic heterocycles. The predicted molar refractivity (Wildman–Crippen MR) is 68.9 cm³/mol. The Bertz CT molecular complexity index is 487. The average molecular weight is 243 g/mol. The van der Waals surface area contributed by atoms with Crippen molar-refractivity contribution in [2.75, 3.05) is 6.54 Å². The molecule has 0 bridgehead atoms. The Kier molecular flexibility index (Phi) is 3.37. The normalized spacial score (nSPS) is 20.6. The molecule has 4 heteroatoms. The molecule has 0 saturated carbocycles. The maximum Gasteiger partial charge on any atom is 0.244 e. The monoisotopic (exact) mass is 243 g/mol. The van der Waals surface area contributed by atoms with Crippen molar-refractivity contribution in [3.05, 3.63) is 36.2 Å². The van der Waals surface area contributed by atoms with Crippen LogP contribution in [0.5, 0.6) is 0 Å². The van der Waals surface area contributed by atoms with Crippen LogP contribution >= 0.6 is 0 Å². The van der Waals surface area contributed by atoms with E-state index < -0.39 is 0 Å². The Hall–Kier alpha value is -1.68. The highest BCUT2D eigenvalue weighted by atomic mass is 16.5. The third kappa shape index (κ3) is 2.43. The minimum Gasteiger partial charge on any atom is -0.337 e. The zero-order valence-electron chi connectivity index (χ0n) is 10.3. The van der Waals surface area contributed by atoms with E-state index in [9.17, 15) is 0 Å². The second-order valence-corrected chi connectivity index (χ2v) is 4.68. The molecule has 1 fully saturated rings. The number of benzene rings is 1. The van der Waals surface area contributed by atoms with Gasteiger partial charge in [-0.2, -0.15) is 4.98 Å². The number of aromatic nitrogens is 2. The molecule has 0 radical (unpaired) electrons. The molecule has 0 amide bonds. The summed E-state index contributed by atoms with van der Waals surface area (Å²) in [6.07, 6.45) is 4.82. The third-order valence-corrected chi connectivity index (χ3v) is 3.33. The Balaban J connectivity index is 1.80. The van der Waals surface area contributed by atoms with E-state index >= 15 is 0 Å². The Morgan fingerprint density at radius 3 is 2.89 bits per heavy atom. The lowest BCUT2D eigenvalue weighted by Gasteiger charge is -2.09. The number of rotatable bonds is 2. The molecule has 3 rings (SSSR count). The van der Waals surface area contributed by atoms with E-state index in [-0.39, 0.29) is 6.04 Å². The van der Waals surface area contributed by atoms with Crippen LogP contribution in [0.1, 0.15) is 37.6 Å². The van der Waals surface area contributed by atoms with Crippen molar-refractivity contribution >= 4 is 0 Å². The van der Waals surface area contributed by atoms with Gasteiger partial charge in [0.15, 0.2) is 0 Å². The van der Waals surface area contributed by atoms with Gasteiger partial charge < -0.3 is 9.84 Å². The van der Waals surface area contributed by atoms with Crippen LogP contribution in [0.4, 0.5) is 0 Å². The molecule has 1 atom stereocenters. The van der Waals surface area contributed by atoms with Gasteiger partial charge >= 0.3 is 0 Å². The van der Waals surface area contributed by atoms with E-state index in [0.29, 0.717) is 5.82 Å². The van der Waals surface area contributed by atoms with Gasteiger partial charge in [-0.15, -0.1) is 0 Å². The van der Waals surface area contributed by atoms with Crippen LogP contribution in [-0.4, -0.2) is 16.7 Å². The maximum absolute atomic E-state index is 5.39. The van der Waals surface area contributed by atoms with Gasteiger partial charge in [0.2, 0.25) is 11.7 Å². The smallest absolute Gasteiger partial charge is 0.244 e. The number of hydrogen-bond acceptors (Lipinski definition) is 4. The first-order valence-electron chi connectivity index (χ1n) is 6.56. The van der Waals surface area contributed by atoms with E-state index in [2.05, 4.69) is 15.5 Å². The molecule has 1 N–H and O–H groups in total. The maximum atomic E-state index is 5.39. The van der Waals surface area contributed by atoms with Gasteiger partial charge in [-0.25, -0.2) is 0 Å². The molecule has 2 heterocycles. The van der Waals surface area contributed by atoms with Gasteiger partial charge in [-0.3, -0.25) is 0 Å². The van der Waals surface area contributed by atoms with Crippen LogP contribution in [0.25, 0.3) is 11.4 Å². The van der Waals surface area contributed by atoms with Crippen LogP contribution in [0.3, 0.4) is 0 Å². The molecule has 2 aromatic rings. The molecule has 94 valence electrons. The minimum atomic E-state index is 0.220. The van der Waals surface area contributed by atoms with E-state index in [4.69, 9.17) is 4.52 Å². The molecule has 18 heavy (non-hydrogen) atoms. The number of hydrogen-bond donors (Lipinski definition) is 1. The fraction of sp³-hybridized carbons (Fsp3) is 0.429. The van der Waals surface area contributed by atoms with E-state index in [1.807, 2.05) is 30.3 Å². The first-order chi connectivity index (χ1) is 8.93.